The number of aryl methyl sites for hydroxylation is 2. The van der Waals surface area contributed by atoms with Crippen LogP contribution in [0.1, 0.15) is 58.0 Å². The summed E-state index contributed by atoms with van der Waals surface area (Å²) in [5.41, 5.74) is 2.77. The summed E-state index contributed by atoms with van der Waals surface area (Å²) in [6, 6.07) is 3.75. The zero-order valence-corrected chi connectivity index (χ0v) is 16.5. The van der Waals surface area contributed by atoms with Crippen molar-refractivity contribution in [3.63, 3.8) is 0 Å². The minimum Gasteiger partial charge on any atom is -0.478 e. The van der Waals surface area contributed by atoms with Gasteiger partial charge in [0.2, 0.25) is 5.88 Å². The highest BCUT2D eigenvalue weighted by molar-refractivity contribution is 7.20. The van der Waals surface area contributed by atoms with Crippen LogP contribution >= 0.6 is 11.3 Å². The number of carbonyl (C=O) groups excluding carboxylic acids is 1. The van der Waals surface area contributed by atoms with Gasteiger partial charge in [-0.05, 0) is 45.2 Å². The molecule has 1 N–H and O–H groups in total. The predicted molar refractivity (Wildman–Crippen MR) is 105 cm³/mol. The van der Waals surface area contributed by atoms with Crippen LogP contribution in [-0.2, 0) is 6.54 Å². The van der Waals surface area contributed by atoms with Crippen molar-refractivity contribution < 1.29 is 9.53 Å². The van der Waals surface area contributed by atoms with Gasteiger partial charge in [-0.15, -0.1) is 11.3 Å². The lowest BCUT2D eigenvalue weighted by molar-refractivity contribution is 0.0954. The van der Waals surface area contributed by atoms with E-state index in [0.717, 1.165) is 45.7 Å². The van der Waals surface area contributed by atoms with E-state index < -0.39 is 0 Å². The van der Waals surface area contributed by atoms with E-state index >= 15 is 0 Å². The van der Waals surface area contributed by atoms with E-state index in [-0.39, 0.29) is 5.91 Å². The van der Waals surface area contributed by atoms with Crippen LogP contribution in [0.15, 0.2) is 18.3 Å². The van der Waals surface area contributed by atoms with E-state index in [1.807, 2.05) is 32.9 Å². The van der Waals surface area contributed by atoms with Gasteiger partial charge in [-0.1, -0.05) is 6.07 Å². The molecule has 7 heteroatoms. The van der Waals surface area contributed by atoms with Gasteiger partial charge in [0, 0.05) is 29.6 Å². The molecule has 27 heavy (non-hydrogen) atoms. The van der Waals surface area contributed by atoms with E-state index in [0.29, 0.717) is 29.8 Å². The quantitative estimate of drug-likeness (QED) is 0.699. The van der Waals surface area contributed by atoms with Crippen molar-refractivity contribution in [1.82, 2.24) is 20.3 Å². The largest absolute Gasteiger partial charge is 0.478 e. The number of thiophene rings is 1. The van der Waals surface area contributed by atoms with E-state index in [1.165, 1.54) is 11.3 Å². The first-order chi connectivity index (χ1) is 13.1. The summed E-state index contributed by atoms with van der Waals surface area (Å²) in [6.07, 6.45) is 4.01. The molecule has 6 nitrogen and oxygen atoms in total. The Labute approximate surface area is 162 Å². The smallest absolute Gasteiger partial charge is 0.261 e. The molecule has 140 valence electrons. The van der Waals surface area contributed by atoms with Gasteiger partial charge in [-0.25, -0.2) is 15.0 Å². The van der Waals surface area contributed by atoms with Crippen molar-refractivity contribution in [3.8, 4) is 5.88 Å². The summed E-state index contributed by atoms with van der Waals surface area (Å²) < 4.78 is 5.53. The summed E-state index contributed by atoms with van der Waals surface area (Å²) in [5.74, 6) is 1.87. The van der Waals surface area contributed by atoms with Crippen LogP contribution in [0.25, 0.3) is 10.2 Å². The molecule has 3 aromatic rings. The van der Waals surface area contributed by atoms with Crippen molar-refractivity contribution in [2.24, 2.45) is 0 Å². The van der Waals surface area contributed by atoms with E-state index in [4.69, 9.17) is 9.72 Å². The van der Waals surface area contributed by atoms with Gasteiger partial charge in [0.15, 0.2) is 0 Å². The van der Waals surface area contributed by atoms with Gasteiger partial charge in [-0.2, -0.15) is 0 Å². The standard InChI is InChI=1S/C20H22N4O2S/c1-4-26-19-14(6-5-9-21-19)10-22-18(25)16-11(2)15-12(3)23-17(13-7-8-13)24-20(15)27-16/h5-6,9,13H,4,7-8,10H2,1-3H3,(H,22,25). The first-order valence-corrected chi connectivity index (χ1v) is 10.0. The van der Waals surface area contributed by atoms with Crippen molar-refractivity contribution in [2.45, 2.75) is 46.1 Å². The van der Waals surface area contributed by atoms with Gasteiger partial charge in [0.25, 0.3) is 5.91 Å². The molecular formula is C20H22N4O2S. The fraction of sp³-hybridized carbons (Fsp3) is 0.400. The van der Waals surface area contributed by atoms with E-state index in [2.05, 4.69) is 15.3 Å². The fourth-order valence-corrected chi connectivity index (χ4v) is 4.34. The molecule has 0 unspecified atom stereocenters. The number of nitrogens with zero attached hydrogens (tertiary/aromatic N) is 3. The summed E-state index contributed by atoms with van der Waals surface area (Å²) in [4.78, 5) is 28.0. The summed E-state index contributed by atoms with van der Waals surface area (Å²) in [7, 11) is 0. The third-order valence-electron chi connectivity index (χ3n) is 4.71. The average molecular weight is 382 g/mol. The number of hydrogen-bond acceptors (Lipinski definition) is 6. The topological polar surface area (TPSA) is 77.0 Å². The SMILES string of the molecule is CCOc1ncccc1CNC(=O)c1sc2nc(C3CC3)nc(C)c2c1C. The normalized spacial score (nSPS) is 13.7. The molecule has 0 atom stereocenters. The summed E-state index contributed by atoms with van der Waals surface area (Å²) in [5, 5.41) is 3.99. The van der Waals surface area contributed by atoms with Gasteiger partial charge < -0.3 is 10.1 Å². The first-order valence-electron chi connectivity index (χ1n) is 9.21. The third kappa shape index (κ3) is 3.51. The fourth-order valence-electron chi connectivity index (χ4n) is 3.18. The monoisotopic (exact) mass is 382 g/mol. The molecule has 0 bridgehead atoms. The maximum atomic E-state index is 12.8. The molecule has 3 heterocycles. The average Bonchev–Trinajstić information content (AvgIpc) is 3.45. The Balaban J connectivity index is 1.58. The second-order valence-electron chi connectivity index (χ2n) is 6.76. The first kappa shape index (κ1) is 17.9. The number of aromatic nitrogens is 3. The van der Waals surface area contributed by atoms with Crippen molar-refractivity contribution in [3.05, 3.63) is 45.9 Å². The molecule has 0 spiro atoms. The Morgan fingerprint density at radius 3 is 2.89 bits per heavy atom. The molecule has 0 saturated heterocycles. The number of ether oxygens (including phenoxy) is 1. The van der Waals surface area contributed by atoms with Gasteiger partial charge in [0.05, 0.1) is 17.2 Å². The van der Waals surface area contributed by atoms with Crippen molar-refractivity contribution in [2.75, 3.05) is 6.61 Å². The van der Waals surface area contributed by atoms with Crippen LogP contribution in [0.2, 0.25) is 0 Å². The van der Waals surface area contributed by atoms with Gasteiger partial charge in [-0.3, -0.25) is 4.79 Å². The highest BCUT2D eigenvalue weighted by Crippen LogP contribution is 2.40. The van der Waals surface area contributed by atoms with Crippen LogP contribution < -0.4 is 10.1 Å². The van der Waals surface area contributed by atoms with E-state index in [9.17, 15) is 4.79 Å². The third-order valence-corrected chi connectivity index (χ3v) is 5.89. The molecule has 0 aromatic carbocycles. The number of carbonyl (C=O) groups is 1. The molecule has 1 fully saturated rings. The van der Waals surface area contributed by atoms with Crippen LogP contribution in [0.3, 0.4) is 0 Å². The summed E-state index contributed by atoms with van der Waals surface area (Å²) >= 11 is 1.45. The van der Waals surface area contributed by atoms with Crippen LogP contribution in [-0.4, -0.2) is 27.5 Å². The maximum absolute atomic E-state index is 12.8. The molecule has 3 aromatic heterocycles. The molecule has 1 amide bonds. The second-order valence-corrected chi connectivity index (χ2v) is 7.76. The molecule has 0 aliphatic heterocycles. The minimum atomic E-state index is -0.103. The van der Waals surface area contributed by atoms with E-state index in [1.54, 1.807) is 6.20 Å². The van der Waals surface area contributed by atoms with Crippen LogP contribution in [0.4, 0.5) is 0 Å². The Morgan fingerprint density at radius 1 is 1.33 bits per heavy atom. The zero-order chi connectivity index (χ0) is 19.0. The van der Waals surface area contributed by atoms with Crippen LogP contribution in [0, 0.1) is 13.8 Å². The Bertz CT molecular complexity index is 1010. The number of rotatable bonds is 6. The predicted octanol–water partition coefficient (Wildman–Crippen LogP) is 3.91. The summed E-state index contributed by atoms with van der Waals surface area (Å²) in [6.45, 7) is 6.79. The highest BCUT2D eigenvalue weighted by Gasteiger charge is 2.28. The molecule has 4 rings (SSSR count). The lowest BCUT2D eigenvalue weighted by Crippen LogP contribution is -2.23. The Hall–Kier alpha value is -2.54. The molecule has 0 radical (unpaired) electrons. The molecular weight excluding hydrogens is 360 g/mol. The molecule has 1 aliphatic rings. The number of hydrogen-bond donors (Lipinski definition) is 1. The van der Waals surface area contributed by atoms with Crippen molar-refractivity contribution >= 4 is 27.5 Å². The number of nitrogens with one attached hydrogen (secondary N) is 1. The number of pyridine rings is 1. The Morgan fingerprint density at radius 2 is 2.15 bits per heavy atom. The van der Waals surface area contributed by atoms with Gasteiger partial charge >= 0.3 is 0 Å². The zero-order valence-electron chi connectivity index (χ0n) is 15.7. The molecule has 1 aliphatic carbocycles. The van der Waals surface area contributed by atoms with Crippen molar-refractivity contribution in [1.29, 1.82) is 0 Å². The lowest BCUT2D eigenvalue weighted by Gasteiger charge is -2.09. The maximum Gasteiger partial charge on any atom is 0.261 e. The lowest BCUT2D eigenvalue weighted by atomic mass is 10.1. The van der Waals surface area contributed by atoms with Crippen LogP contribution in [0.5, 0.6) is 5.88 Å². The molecule has 1 saturated carbocycles. The number of amides is 1. The van der Waals surface area contributed by atoms with Gasteiger partial charge in [0.1, 0.15) is 10.7 Å². The highest BCUT2D eigenvalue weighted by atomic mass is 32.1. The second kappa shape index (κ2) is 7.23. The number of fused-ring (bicyclic) bond motifs is 1. The Kier molecular flexibility index (Phi) is 4.78. The minimum absolute atomic E-state index is 0.103.